The van der Waals surface area contributed by atoms with Crippen LogP contribution in [0.15, 0.2) is 48.5 Å². The highest BCUT2D eigenvalue weighted by molar-refractivity contribution is 7.67. The number of rotatable bonds is 4. The van der Waals surface area contributed by atoms with E-state index in [0.29, 0.717) is 16.0 Å². The molecule has 0 heterocycles. The van der Waals surface area contributed by atoms with Gasteiger partial charge in [0.2, 0.25) is 0 Å². The highest BCUT2D eigenvalue weighted by Crippen LogP contribution is 2.17. The van der Waals surface area contributed by atoms with Crippen LogP contribution in [0.25, 0.3) is 0 Å². The lowest BCUT2D eigenvalue weighted by molar-refractivity contribution is -0.385. The highest BCUT2D eigenvalue weighted by atomic mass is 32.1. The average molecular weight is 304 g/mol. The monoisotopic (exact) mass is 304 g/mol. The van der Waals surface area contributed by atoms with Gasteiger partial charge in [0.25, 0.3) is 11.4 Å². The van der Waals surface area contributed by atoms with Crippen molar-refractivity contribution in [2.75, 3.05) is 0 Å². The first-order chi connectivity index (χ1) is 10.0. The highest BCUT2D eigenvalue weighted by Gasteiger charge is 2.11. The third kappa shape index (κ3) is 3.18. The van der Waals surface area contributed by atoms with Gasteiger partial charge in [-0.3, -0.25) is 20.2 Å². The fourth-order valence-electron chi connectivity index (χ4n) is 1.73. The molecule has 0 amide bonds. The Morgan fingerprint density at radius 2 is 1.10 bits per heavy atom. The molecular formula is C13H8N2O5S. The van der Waals surface area contributed by atoms with Crippen LogP contribution >= 0.6 is 0 Å². The van der Waals surface area contributed by atoms with Crippen LogP contribution in [0.1, 0.15) is 11.1 Å². The molecule has 21 heavy (non-hydrogen) atoms. The number of hydrogen-bond donors (Lipinski definition) is 0. The summed E-state index contributed by atoms with van der Waals surface area (Å²) in [6.45, 7) is 0. The maximum absolute atomic E-state index is 11.3. The minimum atomic E-state index is -0.528. The summed E-state index contributed by atoms with van der Waals surface area (Å²) in [5, 5.41) is 21.2. The molecule has 0 radical (unpaired) electrons. The molecule has 0 saturated carbocycles. The summed E-state index contributed by atoms with van der Waals surface area (Å²) in [6, 6.07) is 11.1. The van der Waals surface area contributed by atoms with E-state index in [1.165, 1.54) is 48.5 Å². The fraction of sp³-hybridized carbons (Fsp3) is 0. The van der Waals surface area contributed by atoms with E-state index in [1.54, 1.807) is 0 Å². The van der Waals surface area contributed by atoms with Crippen molar-refractivity contribution in [3.63, 3.8) is 0 Å². The van der Waals surface area contributed by atoms with Crippen LogP contribution in [0.3, 0.4) is 0 Å². The van der Waals surface area contributed by atoms with Crippen molar-refractivity contribution in [1.29, 1.82) is 0 Å². The van der Waals surface area contributed by atoms with E-state index in [0.717, 1.165) is 0 Å². The van der Waals surface area contributed by atoms with Gasteiger partial charge in [-0.1, -0.05) is 0 Å². The number of benzene rings is 2. The third-order valence-corrected chi connectivity index (χ3v) is 3.40. The summed E-state index contributed by atoms with van der Waals surface area (Å²) in [4.78, 5) is 20.5. The lowest BCUT2D eigenvalue weighted by atomic mass is 10.0. The van der Waals surface area contributed by atoms with E-state index >= 15 is 0 Å². The number of nitro benzene ring substituents is 2. The second kappa shape index (κ2) is 6.06. The molecule has 0 spiro atoms. The van der Waals surface area contributed by atoms with Crippen molar-refractivity contribution in [3.05, 3.63) is 79.9 Å². The summed E-state index contributed by atoms with van der Waals surface area (Å²) < 4.78 is 11.3. The Morgan fingerprint density at radius 1 is 0.762 bits per heavy atom. The van der Waals surface area contributed by atoms with Gasteiger partial charge in [-0.15, -0.1) is 0 Å². The Kier molecular flexibility index (Phi) is 4.19. The Bertz CT molecular complexity index is 690. The van der Waals surface area contributed by atoms with Gasteiger partial charge in [-0.25, -0.2) is 4.21 Å². The van der Waals surface area contributed by atoms with E-state index in [1.807, 2.05) is 0 Å². The molecule has 0 saturated heterocycles. The van der Waals surface area contributed by atoms with Gasteiger partial charge >= 0.3 is 0 Å². The normalized spacial score (nSPS) is 9.90. The molecule has 2 aromatic carbocycles. The third-order valence-electron chi connectivity index (χ3n) is 2.76. The van der Waals surface area contributed by atoms with Crippen LogP contribution in [0.2, 0.25) is 0 Å². The van der Waals surface area contributed by atoms with Crippen molar-refractivity contribution >= 4 is 27.5 Å². The Balaban J connectivity index is 2.38. The fourth-order valence-corrected chi connectivity index (χ4v) is 2.20. The van der Waals surface area contributed by atoms with E-state index < -0.39 is 9.85 Å². The first-order valence-corrected chi connectivity index (χ1v) is 6.43. The molecule has 0 bridgehead atoms. The second-order valence-electron chi connectivity index (χ2n) is 4.02. The number of nitro groups is 2. The van der Waals surface area contributed by atoms with Gasteiger partial charge < -0.3 is 0 Å². The number of nitrogens with zero attached hydrogens (tertiary/aromatic N) is 2. The number of hydrogen-bond acceptors (Lipinski definition) is 5. The summed E-state index contributed by atoms with van der Waals surface area (Å²) in [6.07, 6.45) is 0. The largest absolute Gasteiger partial charge is 0.269 e. The summed E-state index contributed by atoms with van der Waals surface area (Å²) in [5.41, 5.74) is 0.902. The Labute approximate surface area is 122 Å². The molecule has 2 aromatic rings. The Morgan fingerprint density at radius 3 is 1.33 bits per heavy atom. The first kappa shape index (κ1) is 14.5. The predicted octanol–water partition coefficient (Wildman–Crippen LogP) is 2.28. The van der Waals surface area contributed by atoms with E-state index in [4.69, 9.17) is 0 Å². The summed E-state index contributed by atoms with van der Waals surface area (Å²) in [7, 11) is 0. The summed E-state index contributed by atoms with van der Waals surface area (Å²) >= 11 is 0.232. The van der Waals surface area contributed by atoms with Gasteiger partial charge in [0.1, 0.15) is 0 Å². The molecule has 2 rings (SSSR count). The van der Waals surface area contributed by atoms with Gasteiger partial charge in [-0.2, -0.15) is 0 Å². The van der Waals surface area contributed by atoms with Gasteiger partial charge in [-0.05, 0) is 35.4 Å². The van der Waals surface area contributed by atoms with Gasteiger partial charge in [0, 0.05) is 24.3 Å². The molecule has 0 unspecified atom stereocenters. The molecule has 0 atom stereocenters. The van der Waals surface area contributed by atoms with E-state index in [2.05, 4.69) is 0 Å². The smallest absolute Gasteiger partial charge is 0.258 e. The van der Waals surface area contributed by atoms with Gasteiger partial charge in [0.05, 0.1) is 26.0 Å². The standard InChI is InChI=1S/C13H8N2O5S/c16-14(17)11-5-1-9(2-6-11)13(21-20)10-3-7-12(8-4-10)15(18)19/h1-8H. The van der Waals surface area contributed by atoms with Crippen LogP contribution in [0.5, 0.6) is 0 Å². The molecule has 0 N–H and O–H groups in total. The Hall–Kier alpha value is -2.87. The van der Waals surface area contributed by atoms with Crippen molar-refractivity contribution in [1.82, 2.24) is 0 Å². The van der Waals surface area contributed by atoms with Crippen molar-refractivity contribution < 1.29 is 14.1 Å². The molecular weight excluding hydrogens is 296 g/mol. The second-order valence-corrected chi connectivity index (χ2v) is 4.60. The van der Waals surface area contributed by atoms with Crippen molar-refractivity contribution in [2.45, 2.75) is 0 Å². The minimum Gasteiger partial charge on any atom is -0.258 e. The van der Waals surface area contributed by atoms with Crippen LogP contribution in [0, 0.1) is 20.2 Å². The van der Waals surface area contributed by atoms with Crippen LogP contribution in [0.4, 0.5) is 11.4 Å². The molecule has 8 heteroatoms. The lowest BCUT2D eigenvalue weighted by Gasteiger charge is -2.03. The SMILES string of the molecule is O=S=C(c1ccc([N+](=O)[O-])cc1)c1ccc([N+](=O)[O-])cc1. The van der Waals surface area contributed by atoms with Gasteiger partial charge in [0.15, 0.2) is 0 Å². The zero-order chi connectivity index (χ0) is 15.4. The summed E-state index contributed by atoms with van der Waals surface area (Å²) in [5.74, 6) is 0. The molecule has 0 aliphatic rings. The zero-order valence-corrected chi connectivity index (χ0v) is 11.3. The number of non-ortho nitro benzene ring substituents is 2. The molecule has 0 fully saturated rings. The average Bonchev–Trinajstić information content (AvgIpc) is 2.49. The van der Waals surface area contributed by atoms with E-state index in [-0.39, 0.29) is 22.6 Å². The predicted molar refractivity (Wildman–Crippen MR) is 77.5 cm³/mol. The van der Waals surface area contributed by atoms with Crippen molar-refractivity contribution in [3.8, 4) is 0 Å². The minimum absolute atomic E-state index is 0.0716. The molecule has 0 aromatic heterocycles. The molecule has 7 nitrogen and oxygen atoms in total. The van der Waals surface area contributed by atoms with Crippen LogP contribution in [-0.2, 0) is 11.3 Å². The van der Waals surface area contributed by atoms with E-state index in [9.17, 15) is 24.4 Å². The quantitative estimate of drug-likeness (QED) is 0.373. The zero-order valence-electron chi connectivity index (χ0n) is 10.5. The molecule has 0 aliphatic carbocycles. The maximum atomic E-state index is 11.3. The molecule has 106 valence electrons. The molecule has 0 aliphatic heterocycles. The van der Waals surface area contributed by atoms with Crippen LogP contribution in [-0.4, -0.2) is 18.9 Å². The topological polar surface area (TPSA) is 103 Å². The van der Waals surface area contributed by atoms with Crippen LogP contribution < -0.4 is 0 Å². The first-order valence-electron chi connectivity index (χ1n) is 5.69. The van der Waals surface area contributed by atoms with Crippen molar-refractivity contribution in [2.24, 2.45) is 0 Å². The lowest BCUT2D eigenvalue weighted by Crippen LogP contribution is -2.03. The maximum Gasteiger partial charge on any atom is 0.269 e.